The maximum atomic E-state index is 13.9. The summed E-state index contributed by atoms with van der Waals surface area (Å²) in [5, 5.41) is 16.0. The fourth-order valence-electron chi connectivity index (χ4n) is 4.38. The fraction of sp³-hybridized carbons (Fsp3) is 0.100. The maximum absolute atomic E-state index is 13.9. The maximum Gasteiger partial charge on any atom is 0.327 e. The SMILES string of the molecule is COC(=O)C(Sc1ccccc1N)/C(=C(\[O-])OC)[P+](c1ccccc1)(c1ccccc1)c1ccccc1. The van der Waals surface area contributed by atoms with E-state index < -0.39 is 24.4 Å². The Bertz CT molecular complexity index is 1270. The molecule has 188 valence electrons. The largest absolute Gasteiger partial charge is 0.614 e. The van der Waals surface area contributed by atoms with Crippen LogP contribution in [0.4, 0.5) is 5.69 Å². The number of carbonyl (C=O) groups excluding carboxylic acids is 1. The number of anilines is 1. The Balaban J connectivity index is 2.14. The van der Waals surface area contributed by atoms with E-state index in [2.05, 4.69) is 0 Å². The van der Waals surface area contributed by atoms with Crippen LogP contribution in [-0.4, -0.2) is 25.4 Å². The minimum Gasteiger partial charge on any atom is -0.614 e. The number of hydrogen-bond donors (Lipinski definition) is 1. The number of ether oxygens (including phenoxy) is 2. The van der Waals surface area contributed by atoms with E-state index in [9.17, 15) is 9.90 Å². The van der Waals surface area contributed by atoms with Crippen molar-refractivity contribution < 1.29 is 19.4 Å². The van der Waals surface area contributed by atoms with E-state index in [0.717, 1.165) is 15.9 Å². The molecule has 0 saturated carbocycles. The smallest absolute Gasteiger partial charge is 0.327 e. The second-order valence-electron chi connectivity index (χ2n) is 8.11. The first-order valence-electron chi connectivity index (χ1n) is 11.6. The highest BCUT2D eigenvalue weighted by Gasteiger charge is 2.55. The number of esters is 1. The van der Waals surface area contributed by atoms with Crippen LogP contribution in [0.25, 0.3) is 0 Å². The molecule has 7 heteroatoms. The number of carbonyl (C=O) groups is 1. The highest BCUT2D eigenvalue weighted by Crippen LogP contribution is 2.66. The van der Waals surface area contributed by atoms with E-state index in [1.54, 1.807) is 6.07 Å². The highest BCUT2D eigenvalue weighted by atomic mass is 32.2. The minimum atomic E-state index is -2.93. The molecule has 0 heterocycles. The molecule has 0 bridgehead atoms. The van der Waals surface area contributed by atoms with E-state index >= 15 is 0 Å². The second-order valence-corrected chi connectivity index (χ2v) is 12.6. The number of nitrogens with two attached hydrogens (primary N) is 1. The Kier molecular flexibility index (Phi) is 8.54. The van der Waals surface area contributed by atoms with Gasteiger partial charge in [0.15, 0.2) is 5.25 Å². The number of nitrogen functional groups attached to an aromatic ring is 1. The molecule has 4 aromatic carbocycles. The van der Waals surface area contributed by atoms with Crippen molar-refractivity contribution in [3.8, 4) is 0 Å². The lowest BCUT2D eigenvalue weighted by atomic mass is 10.3. The number of benzene rings is 4. The summed E-state index contributed by atoms with van der Waals surface area (Å²) in [5.41, 5.74) is 6.78. The van der Waals surface area contributed by atoms with Crippen molar-refractivity contribution in [2.24, 2.45) is 0 Å². The lowest BCUT2D eigenvalue weighted by Gasteiger charge is -2.34. The molecule has 0 radical (unpaired) electrons. The molecule has 0 fully saturated rings. The topological polar surface area (TPSA) is 84.6 Å². The van der Waals surface area contributed by atoms with Gasteiger partial charge in [0, 0.05) is 10.6 Å². The summed E-state index contributed by atoms with van der Waals surface area (Å²) >= 11 is 1.20. The summed E-state index contributed by atoms with van der Waals surface area (Å²) in [6, 6.07) is 36.8. The van der Waals surface area contributed by atoms with Gasteiger partial charge in [-0.25, -0.2) is 0 Å². The monoisotopic (exact) mass is 529 g/mol. The van der Waals surface area contributed by atoms with Crippen molar-refractivity contribution in [2.45, 2.75) is 10.1 Å². The normalized spacial score (nSPS) is 12.8. The van der Waals surface area contributed by atoms with Crippen LogP contribution in [0.2, 0.25) is 0 Å². The molecule has 37 heavy (non-hydrogen) atoms. The zero-order chi connectivity index (χ0) is 26.3. The van der Waals surface area contributed by atoms with Crippen LogP contribution in [0.15, 0.2) is 131 Å². The first-order valence-corrected chi connectivity index (χ1v) is 14.3. The molecule has 4 aromatic rings. The fourth-order valence-corrected chi connectivity index (χ4v) is 10.4. The van der Waals surface area contributed by atoms with Gasteiger partial charge in [0.25, 0.3) is 0 Å². The van der Waals surface area contributed by atoms with Crippen LogP contribution < -0.4 is 26.8 Å². The number of methoxy groups -OCH3 is 2. The van der Waals surface area contributed by atoms with Crippen LogP contribution in [0.5, 0.6) is 0 Å². The number of hydrogen-bond acceptors (Lipinski definition) is 6. The third kappa shape index (κ3) is 5.22. The zero-order valence-electron chi connectivity index (χ0n) is 20.6. The Hall–Kier alpha value is -3.73. The van der Waals surface area contributed by atoms with Crippen LogP contribution in [0.3, 0.4) is 0 Å². The standard InChI is InChI=1S/C30H28NO4PS/c1-34-29(32)27(28(30(33)35-2)37-26-21-13-12-20-25(26)31)36(22-14-6-3-7-15-22,23-16-8-4-9-17-23)24-18-10-5-11-19-24/h3-21,28H,31H2,1-2H3/b29-27-. The van der Waals surface area contributed by atoms with Gasteiger partial charge in [0.05, 0.1) is 13.1 Å². The van der Waals surface area contributed by atoms with E-state index in [4.69, 9.17) is 15.2 Å². The zero-order valence-corrected chi connectivity index (χ0v) is 22.3. The number of rotatable bonds is 9. The van der Waals surface area contributed by atoms with Gasteiger partial charge in [-0.2, -0.15) is 0 Å². The van der Waals surface area contributed by atoms with Gasteiger partial charge < -0.3 is 20.3 Å². The third-order valence-corrected chi connectivity index (χ3v) is 11.9. The molecule has 5 nitrogen and oxygen atoms in total. The molecular weight excluding hydrogens is 501 g/mol. The molecule has 0 spiro atoms. The highest BCUT2D eigenvalue weighted by molar-refractivity contribution is 8.04. The lowest BCUT2D eigenvalue weighted by Crippen LogP contribution is -2.39. The van der Waals surface area contributed by atoms with E-state index in [1.165, 1.54) is 26.0 Å². The number of para-hydroxylation sites is 1. The molecule has 0 aromatic heterocycles. The van der Waals surface area contributed by atoms with Crippen LogP contribution in [0.1, 0.15) is 0 Å². The molecule has 0 amide bonds. The molecule has 0 aliphatic heterocycles. The molecule has 1 unspecified atom stereocenters. The van der Waals surface area contributed by atoms with Crippen molar-refractivity contribution in [1.82, 2.24) is 0 Å². The van der Waals surface area contributed by atoms with Gasteiger partial charge in [-0.05, 0) is 55.6 Å². The first-order chi connectivity index (χ1) is 18.0. The lowest BCUT2D eigenvalue weighted by molar-refractivity contribution is -0.354. The average molecular weight is 530 g/mol. The quantitative estimate of drug-likeness (QED) is 0.116. The number of thioether (sulfide) groups is 1. The summed E-state index contributed by atoms with van der Waals surface area (Å²) in [7, 11) is -0.264. The van der Waals surface area contributed by atoms with Crippen molar-refractivity contribution in [3.05, 3.63) is 127 Å². The summed E-state index contributed by atoms with van der Waals surface area (Å²) in [5.74, 6) is -1.12. The second kappa shape index (κ2) is 12.0. The van der Waals surface area contributed by atoms with E-state index in [-0.39, 0.29) is 0 Å². The van der Waals surface area contributed by atoms with Gasteiger partial charge in [0.1, 0.15) is 28.5 Å². The Morgan fingerprint density at radius 2 is 1.16 bits per heavy atom. The van der Waals surface area contributed by atoms with Crippen LogP contribution >= 0.6 is 19.0 Å². The van der Waals surface area contributed by atoms with Crippen molar-refractivity contribution in [1.29, 1.82) is 0 Å². The molecule has 2 N–H and O–H groups in total. The summed E-state index contributed by atoms with van der Waals surface area (Å²) in [6.45, 7) is 0. The van der Waals surface area contributed by atoms with E-state index in [0.29, 0.717) is 15.9 Å². The Labute approximate surface area is 222 Å². The summed E-state index contributed by atoms with van der Waals surface area (Å²) < 4.78 is 10.7. The molecule has 0 aliphatic rings. The first kappa shape index (κ1) is 26.3. The molecule has 0 saturated heterocycles. The van der Waals surface area contributed by atoms with Crippen LogP contribution in [-0.2, 0) is 14.3 Å². The summed E-state index contributed by atoms with van der Waals surface area (Å²) in [6.07, 6.45) is 0. The summed E-state index contributed by atoms with van der Waals surface area (Å²) in [4.78, 5) is 14.2. The van der Waals surface area contributed by atoms with E-state index in [1.807, 2.05) is 109 Å². The van der Waals surface area contributed by atoms with Crippen molar-refractivity contribution in [3.63, 3.8) is 0 Å². The van der Waals surface area contributed by atoms with Crippen LogP contribution in [0, 0.1) is 0 Å². The minimum absolute atomic E-state index is 0.332. The molecule has 0 aliphatic carbocycles. The van der Waals surface area contributed by atoms with Crippen molar-refractivity contribution >= 4 is 46.6 Å². The van der Waals surface area contributed by atoms with Gasteiger partial charge >= 0.3 is 5.97 Å². The van der Waals surface area contributed by atoms with Gasteiger partial charge in [-0.1, -0.05) is 66.7 Å². The van der Waals surface area contributed by atoms with Gasteiger partial charge in [-0.3, -0.25) is 4.79 Å². The van der Waals surface area contributed by atoms with Crippen molar-refractivity contribution in [2.75, 3.05) is 20.0 Å². The molecular formula is C30H28NO4PS. The molecule has 4 rings (SSSR count). The molecule has 1 atom stereocenters. The van der Waals surface area contributed by atoms with Gasteiger partial charge in [0.2, 0.25) is 0 Å². The predicted molar refractivity (Wildman–Crippen MR) is 152 cm³/mol. The Morgan fingerprint density at radius 1 is 0.730 bits per heavy atom. The average Bonchev–Trinajstić information content (AvgIpc) is 2.96. The third-order valence-electron chi connectivity index (χ3n) is 6.01. The predicted octanol–water partition coefficient (Wildman–Crippen LogP) is 4.07. The van der Waals surface area contributed by atoms with Gasteiger partial charge in [-0.15, -0.1) is 11.8 Å². The Morgan fingerprint density at radius 3 is 1.57 bits per heavy atom.